The lowest BCUT2D eigenvalue weighted by molar-refractivity contribution is -0.144. The van der Waals surface area contributed by atoms with Gasteiger partial charge in [0.2, 0.25) is 0 Å². The molecule has 2 aromatic heterocycles. The SMILES string of the molecule is Cc1cc(C(=O)CCC(=O)OCc2cc(=O)oc3c(C)c(C)ccc23)c(C)s1. The van der Waals surface area contributed by atoms with Gasteiger partial charge in [-0.3, -0.25) is 9.59 Å². The lowest BCUT2D eigenvalue weighted by Crippen LogP contribution is -2.10. The molecule has 0 atom stereocenters. The summed E-state index contributed by atoms with van der Waals surface area (Å²) in [6.45, 7) is 7.64. The Hall–Kier alpha value is -2.73. The number of fused-ring (bicyclic) bond motifs is 1. The fourth-order valence-corrected chi connectivity index (χ4v) is 4.07. The van der Waals surface area contributed by atoms with Crippen molar-refractivity contribution in [3.63, 3.8) is 0 Å². The van der Waals surface area contributed by atoms with E-state index in [0.717, 1.165) is 26.3 Å². The van der Waals surface area contributed by atoms with Crippen molar-refractivity contribution < 1.29 is 18.7 Å². The van der Waals surface area contributed by atoms with E-state index in [4.69, 9.17) is 9.15 Å². The zero-order valence-corrected chi connectivity index (χ0v) is 17.2. The first-order chi connectivity index (χ1) is 13.3. The minimum absolute atomic E-state index is 0.00464. The van der Waals surface area contributed by atoms with Crippen LogP contribution < -0.4 is 5.63 Å². The second-order valence-electron chi connectivity index (χ2n) is 6.89. The summed E-state index contributed by atoms with van der Waals surface area (Å²) < 4.78 is 10.6. The van der Waals surface area contributed by atoms with E-state index in [2.05, 4.69) is 0 Å². The largest absolute Gasteiger partial charge is 0.461 e. The zero-order chi connectivity index (χ0) is 20.4. The van der Waals surface area contributed by atoms with Crippen molar-refractivity contribution in [2.24, 2.45) is 0 Å². The molecule has 0 radical (unpaired) electrons. The predicted molar refractivity (Wildman–Crippen MR) is 109 cm³/mol. The average molecular weight is 398 g/mol. The first-order valence-electron chi connectivity index (χ1n) is 9.05. The van der Waals surface area contributed by atoms with Crippen LogP contribution in [0.25, 0.3) is 11.0 Å². The molecule has 5 nitrogen and oxygen atoms in total. The number of thiophene rings is 1. The Morgan fingerprint density at radius 3 is 2.50 bits per heavy atom. The Morgan fingerprint density at radius 2 is 1.82 bits per heavy atom. The predicted octanol–water partition coefficient (Wildman–Crippen LogP) is 4.79. The number of rotatable bonds is 6. The molecule has 2 heterocycles. The van der Waals surface area contributed by atoms with Crippen molar-refractivity contribution in [1.29, 1.82) is 0 Å². The van der Waals surface area contributed by atoms with Gasteiger partial charge in [0.05, 0.1) is 6.42 Å². The number of ketones is 1. The molecule has 0 saturated heterocycles. The normalized spacial score (nSPS) is 11.0. The summed E-state index contributed by atoms with van der Waals surface area (Å²) in [6, 6.07) is 6.99. The zero-order valence-electron chi connectivity index (χ0n) is 16.4. The van der Waals surface area contributed by atoms with E-state index in [0.29, 0.717) is 16.7 Å². The summed E-state index contributed by atoms with van der Waals surface area (Å²) in [7, 11) is 0. The molecule has 0 amide bonds. The highest BCUT2D eigenvalue weighted by Gasteiger charge is 2.15. The number of esters is 1. The van der Waals surface area contributed by atoms with Gasteiger partial charge in [-0.2, -0.15) is 0 Å². The van der Waals surface area contributed by atoms with Crippen molar-refractivity contribution in [3.05, 3.63) is 66.7 Å². The fraction of sp³-hybridized carbons (Fsp3) is 0.318. The second-order valence-corrected chi connectivity index (χ2v) is 8.35. The summed E-state index contributed by atoms with van der Waals surface area (Å²) in [5, 5.41) is 0.746. The van der Waals surface area contributed by atoms with Crippen LogP contribution in [-0.4, -0.2) is 11.8 Å². The number of carbonyl (C=O) groups is 2. The lowest BCUT2D eigenvalue weighted by atomic mass is 10.0. The Morgan fingerprint density at radius 1 is 1.07 bits per heavy atom. The molecule has 0 fully saturated rings. The number of ether oxygens (including phenoxy) is 1. The average Bonchev–Trinajstić information content (AvgIpc) is 2.99. The molecule has 0 N–H and O–H groups in total. The summed E-state index contributed by atoms with van der Waals surface area (Å²) in [5.41, 5.74) is 3.20. The molecule has 146 valence electrons. The van der Waals surface area contributed by atoms with Crippen molar-refractivity contribution in [2.75, 3.05) is 0 Å². The van der Waals surface area contributed by atoms with Crippen LogP contribution in [0.4, 0.5) is 0 Å². The van der Waals surface area contributed by atoms with Crippen LogP contribution in [0.1, 0.15) is 49.6 Å². The third-order valence-corrected chi connectivity index (χ3v) is 5.77. The van der Waals surface area contributed by atoms with Gasteiger partial charge in [-0.05, 0) is 44.9 Å². The van der Waals surface area contributed by atoms with Crippen LogP contribution in [0, 0.1) is 27.7 Å². The standard InChI is InChI=1S/C22H22O5S/c1-12-5-6-17-16(10-21(25)27-22(17)14(12)3)11-26-20(24)8-7-19(23)18-9-13(2)28-15(18)4/h5-6,9-10H,7-8,11H2,1-4H3. The van der Waals surface area contributed by atoms with Crippen LogP contribution in [0.2, 0.25) is 0 Å². The number of Topliss-reactive ketones (excluding diaryl/α,β-unsaturated/α-hetero) is 1. The van der Waals surface area contributed by atoms with E-state index in [9.17, 15) is 14.4 Å². The Labute approximate surface area is 166 Å². The molecule has 3 rings (SSSR count). The Bertz CT molecular complexity index is 1120. The van der Waals surface area contributed by atoms with Gasteiger partial charge in [-0.25, -0.2) is 4.79 Å². The molecular weight excluding hydrogens is 376 g/mol. The lowest BCUT2D eigenvalue weighted by Gasteiger charge is -2.09. The van der Waals surface area contributed by atoms with Crippen molar-refractivity contribution >= 4 is 34.1 Å². The minimum Gasteiger partial charge on any atom is -0.461 e. The summed E-state index contributed by atoms with van der Waals surface area (Å²) >= 11 is 1.57. The molecule has 0 spiro atoms. The van der Waals surface area contributed by atoms with Gasteiger partial charge < -0.3 is 9.15 Å². The molecule has 0 aliphatic carbocycles. The molecule has 3 aromatic rings. The van der Waals surface area contributed by atoms with E-state index < -0.39 is 11.6 Å². The Balaban J connectivity index is 1.66. The third-order valence-electron chi connectivity index (χ3n) is 4.80. The molecular formula is C22H22O5S. The smallest absolute Gasteiger partial charge is 0.336 e. The number of hydrogen-bond acceptors (Lipinski definition) is 6. The van der Waals surface area contributed by atoms with E-state index in [1.54, 1.807) is 11.3 Å². The maximum atomic E-state index is 12.3. The first kappa shape index (κ1) is 20.0. The first-order valence-corrected chi connectivity index (χ1v) is 9.86. The van der Waals surface area contributed by atoms with Gasteiger partial charge in [0.25, 0.3) is 0 Å². The highest BCUT2D eigenvalue weighted by Crippen LogP contribution is 2.24. The molecule has 0 unspecified atom stereocenters. The van der Waals surface area contributed by atoms with E-state index >= 15 is 0 Å². The molecule has 6 heteroatoms. The molecule has 28 heavy (non-hydrogen) atoms. The van der Waals surface area contributed by atoms with E-state index in [1.807, 2.05) is 45.9 Å². The van der Waals surface area contributed by atoms with Crippen LogP contribution >= 0.6 is 11.3 Å². The maximum Gasteiger partial charge on any atom is 0.336 e. The van der Waals surface area contributed by atoms with E-state index in [1.165, 1.54) is 6.07 Å². The van der Waals surface area contributed by atoms with Gasteiger partial charge in [0, 0.05) is 38.8 Å². The number of benzene rings is 1. The molecule has 1 aromatic carbocycles. The molecule has 0 aliphatic heterocycles. The number of aryl methyl sites for hydroxylation is 4. The van der Waals surface area contributed by atoms with Crippen molar-refractivity contribution in [1.82, 2.24) is 0 Å². The topological polar surface area (TPSA) is 73.6 Å². The second kappa shape index (κ2) is 8.10. The van der Waals surface area contributed by atoms with Gasteiger partial charge in [-0.1, -0.05) is 12.1 Å². The summed E-state index contributed by atoms with van der Waals surface area (Å²) in [6.07, 6.45) is 0.108. The fourth-order valence-electron chi connectivity index (χ4n) is 3.13. The van der Waals surface area contributed by atoms with Gasteiger partial charge >= 0.3 is 11.6 Å². The quantitative estimate of drug-likeness (QED) is 0.339. The maximum absolute atomic E-state index is 12.3. The third kappa shape index (κ3) is 4.22. The number of carbonyl (C=O) groups excluding carboxylic acids is 2. The van der Waals surface area contributed by atoms with Crippen molar-refractivity contribution in [2.45, 2.75) is 47.1 Å². The number of hydrogen-bond donors (Lipinski definition) is 0. The minimum atomic E-state index is -0.481. The van der Waals surface area contributed by atoms with Crippen LogP contribution in [0.15, 0.2) is 33.5 Å². The Kier molecular flexibility index (Phi) is 5.79. The summed E-state index contributed by atoms with van der Waals surface area (Å²) in [5.74, 6) is -0.529. The monoisotopic (exact) mass is 398 g/mol. The van der Waals surface area contributed by atoms with E-state index in [-0.39, 0.29) is 25.2 Å². The highest BCUT2D eigenvalue weighted by molar-refractivity contribution is 7.12. The van der Waals surface area contributed by atoms with Gasteiger partial charge in [0.1, 0.15) is 12.2 Å². The highest BCUT2D eigenvalue weighted by atomic mass is 32.1. The molecule has 0 bridgehead atoms. The summed E-state index contributed by atoms with van der Waals surface area (Å²) in [4.78, 5) is 38.3. The van der Waals surface area contributed by atoms with Crippen LogP contribution in [0.3, 0.4) is 0 Å². The van der Waals surface area contributed by atoms with Crippen LogP contribution in [-0.2, 0) is 16.1 Å². The molecule has 0 aliphatic rings. The van der Waals surface area contributed by atoms with Gasteiger partial charge in [0.15, 0.2) is 5.78 Å². The van der Waals surface area contributed by atoms with Gasteiger partial charge in [-0.15, -0.1) is 11.3 Å². The van der Waals surface area contributed by atoms with Crippen LogP contribution in [0.5, 0.6) is 0 Å². The van der Waals surface area contributed by atoms with Crippen molar-refractivity contribution in [3.8, 4) is 0 Å². The molecule has 0 saturated carbocycles.